The molecule has 0 fully saturated rings. The summed E-state index contributed by atoms with van der Waals surface area (Å²) in [5.41, 5.74) is -3.06. The van der Waals surface area contributed by atoms with Gasteiger partial charge in [-0.15, -0.1) is 0 Å². The van der Waals surface area contributed by atoms with Crippen LogP contribution in [0.4, 0.5) is 0 Å². The Morgan fingerprint density at radius 3 is 2.02 bits per heavy atom. The van der Waals surface area contributed by atoms with Crippen LogP contribution in [-0.2, 0) is 61.9 Å². The third-order valence-electron chi connectivity index (χ3n) is 7.30. The summed E-state index contributed by atoms with van der Waals surface area (Å²) < 4.78 is 38.4. The van der Waals surface area contributed by atoms with Crippen molar-refractivity contribution in [3.8, 4) is 0 Å². The number of esters is 6. The lowest BCUT2D eigenvalue weighted by Crippen LogP contribution is -2.56. The minimum absolute atomic E-state index is 0.0184. The summed E-state index contributed by atoms with van der Waals surface area (Å²) in [5.74, 6) is -6.24. The van der Waals surface area contributed by atoms with Crippen LogP contribution in [-0.4, -0.2) is 83.8 Å². The fourth-order valence-corrected chi connectivity index (χ4v) is 5.26. The molecule has 0 aromatic heterocycles. The highest BCUT2D eigenvalue weighted by atomic mass is 16.7. The van der Waals surface area contributed by atoms with Gasteiger partial charge in [-0.1, -0.05) is 41.5 Å². The Morgan fingerprint density at radius 1 is 0.875 bits per heavy atom. The first-order chi connectivity index (χ1) is 22.1. The van der Waals surface area contributed by atoms with Crippen molar-refractivity contribution >= 4 is 35.8 Å². The first-order valence-corrected chi connectivity index (χ1v) is 16.0. The molecule has 0 unspecified atom stereocenters. The Balaban J connectivity index is 2.53. The molecule has 0 amide bonds. The van der Waals surface area contributed by atoms with Gasteiger partial charge in [0.2, 0.25) is 6.10 Å². The Hall–Kier alpha value is -3.94. The highest BCUT2D eigenvalue weighted by molar-refractivity contribution is 5.80. The van der Waals surface area contributed by atoms with Crippen molar-refractivity contribution in [3.63, 3.8) is 0 Å². The Kier molecular flexibility index (Phi) is 14.2. The maximum Gasteiger partial charge on any atom is 0.347 e. The van der Waals surface area contributed by atoms with Crippen molar-refractivity contribution in [3.05, 3.63) is 23.5 Å². The van der Waals surface area contributed by atoms with Crippen molar-refractivity contribution in [1.29, 1.82) is 0 Å². The molecule has 0 saturated heterocycles. The summed E-state index contributed by atoms with van der Waals surface area (Å²) in [7, 11) is 0. The van der Waals surface area contributed by atoms with Crippen LogP contribution in [0.1, 0.15) is 88.5 Å². The molecule has 14 nitrogen and oxygen atoms in total. The maximum atomic E-state index is 13.3. The predicted octanol–water partition coefficient (Wildman–Crippen LogP) is 3.47. The molecule has 270 valence electrons. The molecule has 0 spiro atoms. The molecule has 0 bridgehead atoms. The van der Waals surface area contributed by atoms with E-state index in [0.29, 0.717) is 0 Å². The summed E-state index contributed by atoms with van der Waals surface area (Å²) in [4.78, 5) is 74.9. The fourth-order valence-electron chi connectivity index (χ4n) is 5.26. The van der Waals surface area contributed by atoms with Crippen molar-refractivity contribution in [2.75, 3.05) is 13.2 Å². The molecule has 1 aliphatic carbocycles. The normalized spacial score (nSPS) is 22.5. The van der Waals surface area contributed by atoms with E-state index in [4.69, 9.17) is 33.2 Å². The molecular formula is C34H50O14. The van der Waals surface area contributed by atoms with E-state index in [2.05, 4.69) is 0 Å². The summed E-state index contributed by atoms with van der Waals surface area (Å²) in [6, 6.07) is 0. The van der Waals surface area contributed by atoms with Crippen molar-refractivity contribution in [1.82, 2.24) is 0 Å². The van der Waals surface area contributed by atoms with E-state index in [-0.39, 0.29) is 42.4 Å². The van der Waals surface area contributed by atoms with E-state index in [0.717, 1.165) is 0 Å². The van der Waals surface area contributed by atoms with Crippen molar-refractivity contribution < 1.29 is 67.0 Å². The van der Waals surface area contributed by atoms with Gasteiger partial charge in [-0.2, -0.15) is 0 Å². The van der Waals surface area contributed by atoms with Gasteiger partial charge in [0.15, 0.2) is 11.7 Å². The smallest absolute Gasteiger partial charge is 0.347 e. The van der Waals surface area contributed by atoms with Crippen molar-refractivity contribution in [2.24, 2.45) is 23.7 Å². The van der Waals surface area contributed by atoms with Gasteiger partial charge in [0, 0.05) is 38.2 Å². The summed E-state index contributed by atoms with van der Waals surface area (Å²) in [5, 5.41) is 12.4. The second kappa shape index (κ2) is 16.9. The highest BCUT2D eigenvalue weighted by Crippen LogP contribution is 2.47. The van der Waals surface area contributed by atoms with Gasteiger partial charge >= 0.3 is 35.8 Å². The Labute approximate surface area is 281 Å². The van der Waals surface area contributed by atoms with Gasteiger partial charge < -0.3 is 38.3 Å². The van der Waals surface area contributed by atoms with E-state index in [1.807, 2.05) is 27.7 Å². The molecule has 0 saturated carbocycles. The number of carbonyl (C=O) groups excluding carboxylic acids is 6. The molecule has 0 radical (unpaired) electrons. The quantitative estimate of drug-likeness (QED) is 0.184. The van der Waals surface area contributed by atoms with Gasteiger partial charge in [-0.25, -0.2) is 4.79 Å². The van der Waals surface area contributed by atoms with Crippen LogP contribution in [0.3, 0.4) is 0 Å². The van der Waals surface area contributed by atoms with Gasteiger partial charge in [0.25, 0.3) is 6.29 Å². The number of hydrogen-bond donors (Lipinski definition) is 1. The molecule has 1 heterocycles. The first kappa shape index (κ1) is 40.2. The monoisotopic (exact) mass is 682 g/mol. The molecule has 2 aliphatic rings. The zero-order chi connectivity index (χ0) is 36.6. The average Bonchev–Trinajstić information content (AvgIpc) is 3.19. The number of ether oxygens (including phenoxy) is 7. The zero-order valence-corrected chi connectivity index (χ0v) is 29.5. The Morgan fingerprint density at radius 2 is 1.48 bits per heavy atom. The minimum Gasteiger partial charge on any atom is -0.461 e. The molecule has 5 atom stereocenters. The van der Waals surface area contributed by atoms with E-state index in [9.17, 15) is 33.9 Å². The lowest BCUT2D eigenvalue weighted by Gasteiger charge is -2.40. The van der Waals surface area contributed by atoms with Crippen LogP contribution in [0.2, 0.25) is 0 Å². The van der Waals surface area contributed by atoms with Gasteiger partial charge in [0.05, 0.1) is 18.6 Å². The molecular weight excluding hydrogens is 632 g/mol. The number of hydrogen-bond acceptors (Lipinski definition) is 14. The largest absolute Gasteiger partial charge is 0.461 e. The summed E-state index contributed by atoms with van der Waals surface area (Å²) >= 11 is 0. The van der Waals surface area contributed by atoms with Gasteiger partial charge in [-0.05, 0) is 37.3 Å². The van der Waals surface area contributed by atoms with Gasteiger partial charge in [0.1, 0.15) is 18.8 Å². The van der Waals surface area contributed by atoms with Crippen LogP contribution in [0.5, 0.6) is 0 Å². The second-order valence-electron chi connectivity index (χ2n) is 13.9. The first-order valence-electron chi connectivity index (χ1n) is 16.0. The fraction of sp³-hybridized carbons (Fsp3) is 0.706. The topological polar surface area (TPSA) is 187 Å². The van der Waals surface area contributed by atoms with Gasteiger partial charge in [-0.3, -0.25) is 24.0 Å². The molecule has 0 aromatic carbocycles. The van der Waals surface area contributed by atoms with Crippen LogP contribution in [0.25, 0.3) is 0 Å². The third kappa shape index (κ3) is 11.6. The lowest BCUT2D eigenvalue weighted by molar-refractivity contribution is -0.220. The lowest BCUT2D eigenvalue weighted by atomic mass is 9.82. The molecule has 1 N–H and O–H groups in total. The summed E-state index contributed by atoms with van der Waals surface area (Å²) in [6.07, 6.45) is -2.06. The molecule has 14 heteroatoms. The van der Waals surface area contributed by atoms with Crippen LogP contribution < -0.4 is 0 Å². The standard InChI is InChI=1S/C34H50O14/c1-18(2)11-26(37)46-30(20(5)6)31(40)44-17-34(41)25(45-28(39)14-33(9,10)48-22(8)36)13-24-23(15-42-21(7)35)16-43-32(29(24)34)47-27(38)12-19(3)4/h13,16,18-20,25,29-30,32,41H,11-12,14-15,17H2,1-10H3/t25-,29+,30+,32-,34+/m0/s1. The number of fused-ring (bicyclic) bond motifs is 1. The van der Waals surface area contributed by atoms with E-state index in [1.54, 1.807) is 13.8 Å². The van der Waals surface area contributed by atoms with Crippen LogP contribution in [0, 0.1) is 23.7 Å². The SMILES string of the molecule is CC(=O)OCC1=CO[C@@H](OC(=O)CC(C)C)[C@H]2C1=C[C@H](OC(=O)CC(C)(C)OC(C)=O)[C@]2(O)COC(=O)[C@H](OC(=O)CC(C)C)C(C)C. The van der Waals surface area contributed by atoms with E-state index in [1.165, 1.54) is 40.0 Å². The second-order valence-corrected chi connectivity index (χ2v) is 13.9. The number of carbonyl (C=O) groups is 6. The number of aliphatic hydroxyl groups is 1. The molecule has 2 rings (SSSR count). The van der Waals surface area contributed by atoms with E-state index >= 15 is 0 Å². The summed E-state index contributed by atoms with van der Waals surface area (Å²) in [6.45, 7) is 14.8. The predicted molar refractivity (Wildman–Crippen MR) is 167 cm³/mol. The number of rotatable bonds is 16. The maximum absolute atomic E-state index is 13.3. The van der Waals surface area contributed by atoms with Crippen molar-refractivity contribution in [2.45, 2.75) is 118 Å². The minimum atomic E-state index is -2.31. The average molecular weight is 683 g/mol. The Bertz CT molecular complexity index is 1280. The highest BCUT2D eigenvalue weighted by Gasteiger charge is 2.60. The van der Waals surface area contributed by atoms with E-state index < -0.39 is 90.4 Å². The third-order valence-corrected chi connectivity index (χ3v) is 7.30. The molecule has 0 aromatic rings. The molecule has 1 aliphatic heterocycles. The zero-order valence-electron chi connectivity index (χ0n) is 29.5. The van der Waals surface area contributed by atoms with Crippen LogP contribution >= 0.6 is 0 Å². The molecule has 48 heavy (non-hydrogen) atoms. The van der Waals surface area contributed by atoms with Crippen LogP contribution in [0.15, 0.2) is 23.5 Å².